The molecule has 0 saturated heterocycles. The molecule has 0 heterocycles. The van der Waals surface area contributed by atoms with Crippen LogP contribution in [-0.2, 0) is 14.8 Å². The highest BCUT2D eigenvalue weighted by Gasteiger charge is 2.22. The molecule has 0 aliphatic heterocycles. The Bertz CT molecular complexity index is 474. The van der Waals surface area contributed by atoms with Crippen molar-refractivity contribution in [3.63, 3.8) is 0 Å². The van der Waals surface area contributed by atoms with Crippen LogP contribution in [0.5, 0.6) is 0 Å². The van der Waals surface area contributed by atoms with Crippen molar-refractivity contribution in [1.29, 1.82) is 0 Å². The fourth-order valence-electron chi connectivity index (χ4n) is 1.43. The molecule has 1 aromatic carbocycles. The molecular weight excluding hydrogens is 278 g/mol. The minimum absolute atomic E-state index is 0.0290. The second kappa shape index (κ2) is 6.49. The number of likely N-dealkylation sites (N-methyl/N-ethyl adjacent to an activating group) is 1. The fraction of sp³-hybridized carbons (Fsp3) is 0.455. The van der Waals surface area contributed by atoms with E-state index < -0.39 is 16.1 Å². The van der Waals surface area contributed by atoms with Gasteiger partial charge in [-0.2, -0.15) is 4.31 Å². The molecule has 0 amide bonds. The van der Waals surface area contributed by atoms with Gasteiger partial charge in [-0.25, -0.2) is 8.42 Å². The Morgan fingerprint density at radius 2 is 1.94 bits per heavy atom. The Balaban J connectivity index is 2.83. The lowest BCUT2D eigenvalue weighted by Crippen LogP contribution is -2.36. The smallest absolute Gasteiger partial charge is 0.242 e. The standard InChI is InChI=1S/C11H16ClNO4S/c1-13(7-10(14)8-17-2)18(15,16)11-5-3-9(12)4-6-11/h3-6,10,14H,7-8H2,1-2H3. The Kier molecular flexibility index (Phi) is 5.55. The van der Waals surface area contributed by atoms with Gasteiger partial charge in [0.15, 0.2) is 0 Å². The number of halogens is 1. The lowest BCUT2D eigenvalue weighted by Gasteiger charge is -2.20. The first-order chi connectivity index (χ1) is 8.37. The molecule has 0 aromatic heterocycles. The first kappa shape index (κ1) is 15.4. The molecule has 1 rings (SSSR count). The number of rotatable bonds is 6. The van der Waals surface area contributed by atoms with Crippen LogP contribution in [0.4, 0.5) is 0 Å². The quantitative estimate of drug-likeness (QED) is 0.849. The van der Waals surface area contributed by atoms with Crippen LogP contribution >= 0.6 is 11.6 Å². The molecule has 102 valence electrons. The second-order valence-corrected chi connectivity index (χ2v) is 6.33. The number of nitrogens with zero attached hydrogens (tertiary/aromatic N) is 1. The summed E-state index contributed by atoms with van der Waals surface area (Å²) in [5.74, 6) is 0. The highest BCUT2D eigenvalue weighted by Crippen LogP contribution is 2.17. The lowest BCUT2D eigenvalue weighted by molar-refractivity contribution is 0.0554. The van der Waals surface area contributed by atoms with Crippen molar-refractivity contribution in [2.75, 3.05) is 27.3 Å². The van der Waals surface area contributed by atoms with Crippen molar-refractivity contribution in [1.82, 2.24) is 4.31 Å². The molecule has 0 bridgehead atoms. The summed E-state index contributed by atoms with van der Waals surface area (Å²) in [5.41, 5.74) is 0. The summed E-state index contributed by atoms with van der Waals surface area (Å²) in [6.07, 6.45) is -0.859. The van der Waals surface area contributed by atoms with Gasteiger partial charge in [-0.1, -0.05) is 11.6 Å². The zero-order chi connectivity index (χ0) is 13.8. The van der Waals surface area contributed by atoms with E-state index in [-0.39, 0.29) is 18.0 Å². The number of benzene rings is 1. The summed E-state index contributed by atoms with van der Waals surface area (Å²) >= 11 is 5.70. The Labute approximate surface area is 112 Å². The van der Waals surface area contributed by atoms with Gasteiger partial charge < -0.3 is 9.84 Å². The van der Waals surface area contributed by atoms with Gasteiger partial charge in [0.1, 0.15) is 0 Å². The van der Waals surface area contributed by atoms with E-state index in [1.165, 1.54) is 38.4 Å². The number of hydrogen-bond donors (Lipinski definition) is 1. The molecule has 0 aliphatic rings. The number of sulfonamides is 1. The van der Waals surface area contributed by atoms with Gasteiger partial charge >= 0.3 is 0 Å². The number of ether oxygens (including phenoxy) is 1. The van der Waals surface area contributed by atoms with E-state index in [1.807, 2.05) is 0 Å². The third-order valence-corrected chi connectivity index (χ3v) is 4.44. The minimum atomic E-state index is -3.61. The van der Waals surface area contributed by atoms with E-state index >= 15 is 0 Å². The molecular formula is C11H16ClNO4S. The van der Waals surface area contributed by atoms with Crippen molar-refractivity contribution in [2.45, 2.75) is 11.0 Å². The topological polar surface area (TPSA) is 66.8 Å². The van der Waals surface area contributed by atoms with Gasteiger partial charge in [-0.05, 0) is 24.3 Å². The van der Waals surface area contributed by atoms with Crippen LogP contribution in [0.3, 0.4) is 0 Å². The zero-order valence-electron chi connectivity index (χ0n) is 10.2. The molecule has 0 aliphatic carbocycles. The fourth-order valence-corrected chi connectivity index (χ4v) is 2.76. The molecule has 18 heavy (non-hydrogen) atoms. The van der Waals surface area contributed by atoms with E-state index in [1.54, 1.807) is 0 Å². The van der Waals surface area contributed by atoms with Crippen LogP contribution in [0.15, 0.2) is 29.2 Å². The van der Waals surface area contributed by atoms with Gasteiger partial charge in [-0.15, -0.1) is 0 Å². The van der Waals surface area contributed by atoms with E-state index in [2.05, 4.69) is 0 Å². The molecule has 1 unspecified atom stereocenters. The van der Waals surface area contributed by atoms with Crippen molar-refractivity contribution < 1.29 is 18.3 Å². The third-order valence-electron chi connectivity index (χ3n) is 2.35. The summed E-state index contributed by atoms with van der Waals surface area (Å²) in [5, 5.41) is 9.99. The van der Waals surface area contributed by atoms with E-state index in [4.69, 9.17) is 16.3 Å². The third kappa shape index (κ3) is 3.93. The maximum Gasteiger partial charge on any atom is 0.242 e. The van der Waals surface area contributed by atoms with Crippen molar-refractivity contribution >= 4 is 21.6 Å². The van der Waals surface area contributed by atoms with E-state index in [9.17, 15) is 13.5 Å². The van der Waals surface area contributed by atoms with Crippen LogP contribution in [0.2, 0.25) is 5.02 Å². The number of aliphatic hydroxyl groups excluding tert-OH is 1. The summed E-state index contributed by atoms with van der Waals surface area (Å²) in [4.78, 5) is 0.138. The molecule has 0 radical (unpaired) electrons. The monoisotopic (exact) mass is 293 g/mol. The maximum absolute atomic E-state index is 12.1. The van der Waals surface area contributed by atoms with E-state index in [0.717, 1.165) is 4.31 Å². The molecule has 7 heteroatoms. The van der Waals surface area contributed by atoms with Crippen LogP contribution in [0.1, 0.15) is 0 Å². The first-order valence-electron chi connectivity index (χ1n) is 5.27. The summed E-state index contributed by atoms with van der Waals surface area (Å²) in [6.45, 7) is 0.0548. The van der Waals surface area contributed by atoms with Crippen LogP contribution < -0.4 is 0 Å². The van der Waals surface area contributed by atoms with Gasteiger partial charge in [0.05, 0.1) is 17.6 Å². The highest BCUT2D eigenvalue weighted by molar-refractivity contribution is 7.89. The molecule has 0 saturated carbocycles. The molecule has 1 N–H and O–H groups in total. The zero-order valence-corrected chi connectivity index (χ0v) is 11.8. The van der Waals surface area contributed by atoms with Gasteiger partial charge in [0, 0.05) is 25.7 Å². The molecule has 0 fully saturated rings. The number of methoxy groups -OCH3 is 1. The predicted octanol–water partition coefficient (Wildman–Crippen LogP) is 0.968. The second-order valence-electron chi connectivity index (χ2n) is 3.85. The molecule has 5 nitrogen and oxygen atoms in total. The Hall–Kier alpha value is -0.660. The average Bonchev–Trinajstić information content (AvgIpc) is 2.29. The van der Waals surface area contributed by atoms with E-state index in [0.29, 0.717) is 5.02 Å². The molecule has 0 spiro atoms. The average molecular weight is 294 g/mol. The molecule has 1 atom stereocenters. The predicted molar refractivity (Wildman–Crippen MR) is 69.2 cm³/mol. The minimum Gasteiger partial charge on any atom is -0.389 e. The van der Waals surface area contributed by atoms with Crippen LogP contribution in [0.25, 0.3) is 0 Å². The Morgan fingerprint density at radius 3 is 2.44 bits per heavy atom. The van der Waals surface area contributed by atoms with Gasteiger partial charge in [-0.3, -0.25) is 0 Å². The summed E-state index contributed by atoms with van der Waals surface area (Å²) in [7, 11) is -0.763. The molecule has 1 aromatic rings. The SMILES string of the molecule is COCC(O)CN(C)S(=O)(=O)c1ccc(Cl)cc1. The van der Waals surface area contributed by atoms with Gasteiger partial charge in [0.25, 0.3) is 0 Å². The van der Waals surface area contributed by atoms with Crippen molar-refractivity contribution in [3.8, 4) is 0 Å². The summed E-state index contributed by atoms with van der Waals surface area (Å²) < 4.78 is 30.1. The van der Waals surface area contributed by atoms with Crippen molar-refractivity contribution in [3.05, 3.63) is 29.3 Å². The van der Waals surface area contributed by atoms with Crippen LogP contribution in [0, 0.1) is 0 Å². The largest absolute Gasteiger partial charge is 0.389 e. The normalized spacial score (nSPS) is 13.8. The summed E-state index contributed by atoms with van der Waals surface area (Å²) in [6, 6.07) is 5.87. The Morgan fingerprint density at radius 1 is 1.39 bits per heavy atom. The lowest BCUT2D eigenvalue weighted by atomic mass is 10.4. The number of aliphatic hydroxyl groups is 1. The maximum atomic E-state index is 12.1. The first-order valence-corrected chi connectivity index (χ1v) is 7.08. The number of hydrogen-bond acceptors (Lipinski definition) is 4. The van der Waals surface area contributed by atoms with Crippen LogP contribution in [-0.4, -0.2) is 51.2 Å². The van der Waals surface area contributed by atoms with Crippen molar-refractivity contribution in [2.24, 2.45) is 0 Å². The highest BCUT2D eigenvalue weighted by atomic mass is 35.5. The van der Waals surface area contributed by atoms with Gasteiger partial charge in [0.2, 0.25) is 10.0 Å².